The van der Waals surface area contributed by atoms with Crippen LogP contribution in [-0.2, 0) is 0 Å². The van der Waals surface area contributed by atoms with Gasteiger partial charge in [-0.3, -0.25) is 4.79 Å². The summed E-state index contributed by atoms with van der Waals surface area (Å²) < 4.78 is 0. The van der Waals surface area contributed by atoms with Gasteiger partial charge in [-0.1, -0.05) is 29.3 Å². The van der Waals surface area contributed by atoms with E-state index in [0.29, 0.717) is 15.6 Å². The molecule has 0 saturated heterocycles. The number of thiophene rings is 1. The molecule has 1 aromatic carbocycles. The first kappa shape index (κ1) is 13.4. The zero-order valence-electron chi connectivity index (χ0n) is 9.61. The Balaban J connectivity index is 2.10. The molecule has 94 valence electrons. The van der Waals surface area contributed by atoms with Crippen molar-refractivity contribution in [3.05, 3.63) is 56.2 Å². The number of benzene rings is 1. The van der Waals surface area contributed by atoms with E-state index in [2.05, 4.69) is 5.32 Å². The van der Waals surface area contributed by atoms with Gasteiger partial charge in [-0.2, -0.15) is 0 Å². The van der Waals surface area contributed by atoms with Crippen LogP contribution in [0.4, 0.5) is 0 Å². The Hall–Kier alpha value is -1.03. The fourth-order valence-corrected chi connectivity index (χ4v) is 2.56. The minimum absolute atomic E-state index is 0.0213. The maximum Gasteiger partial charge on any atom is 0.251 e. The fraction of sp³-hybridized carbons (Fsp3) is 0.154. The zero-order chi connectivity index (χ0) is 13.1. The van der Waals surface area contributed by atoms with Gasteiger partial charge in [0.2, 0.25) is 0 Å². The lowest BCUT2D eigenvalue weighted by Gasteiger charge is -2.12. The van der Waals surface area contributed by atoms with E-state index in [1.54, 1.807) is 29.5 Å². The Morgan fingerprint density at radius 1 is 1.28 bits per heavy atom. The van der Waals surface area contributed by atoms with E-state index in [1.807, 2.05) is 24.4 Å². The SMILES string of the molecule is C[C@H](NC(=O)c1ccc(Cl)c(Cl)c1)c1cccs1. The van der Waals surface area contributed by atoms with Gasteiger partial charge in [0.05, 0.1) is 16.1 Å². The van der Waals surface area contributed by atoms with Gasteiger partial charge in [0.1, 0.15) is 0 Å². The van der Waals surface area contributed by atoms with Gasteiger partial charge in [0.15, 0.2) is 0 Å². The van der Waals surface area contributed by atoms with E-state index in [9.17, 15) is 4.79 Å². The summed E-state index contributed by atoms with van der Waals surface area (Å²) in [6.07, 6.45) is 0. The van der Waals surface area contributed by atoms with Gasteiger partial charge in [-0.25, -0.2) is 0 Å². The third-order valence-electron chi connectivity index (χ3n) is 2.50. The van der Waals surface area contributed by atoms with E-state index in [4.69, 9.17) is 23.2 Å². The molecule has 1 aromatic heterocycles. The second kappa shape index (κ2) is 5.74. The molecule has 0 fully saturated rings. The summed E-state index contributed by atoms with van der Waals surface area (Å²) in [4.78, 5) is 13.1. The molecule has 2 nitrogen and oxygen atoms in total. The summed E-state index contributed by atoms with van der Waals surface area (Å²) in [6, 6.07) is 8.78. The number of hydrogen-bond acceptors (Lipinski definition) is 2. The highest BCUT2D eigenvalue weighted by Crippen LogP contribution is 2.23. The second-order valence-electron chi connectivity index (χ2n) is 3.84. The maximum atomic E-state index is 12.0. The van der Waals surface area contributed by atoms with Crippen LogP contribution >= 0.6 is 34.5 Å². The quantitative estimate of drug-likeness (QED) is 0.885. The number of carbonyl (C=O) groups excluding carboxylic acids is 1. The third-order valence-corrected chi connectivity index (χ3v) is 4.29. The summed E-state index contributed by atoms with van der Waals surface area (Å²) in [5.41, 5.74) is 0.507. The monoisotopic (exact) mass is 299 g/mol. The lowest BCUT2D eigenvalue weighted by molar-refractivity contribution is 0.0940. The highest BCUT2D eigenvalue weighted by atomic mass is 35.5. The van der Waals surface area contributed by atoms with E-state index < -0.39 is 0 Å². The molecular formula is C13H11Cl2NOS. The molecule has 1 amide bonds. The molecule has 0 spiro atoms. The molecule has 18 heavy (non-hydrogen) atoms. The molecule has 1 atom stereocenters. The summed E-state index contributed by atoms with van der Waals surface area (Å²) in [5.74, 6) is -0.158. The summed E-state index contributed by atoms with van der Waals surface area (Å²) in [6.45, 7) is 1.95. The molecule has 1 heterocycles. The molecule has 0 bridgehead atoms. The van der Waals surface area contributed by atoms with Gasteiger partial charge in [0.25, 0.3) is 5.91 Å². The Bertz CT molecular complexity index is 554. The second-order valence-corrected chi connectivity index (χ2v) is 5.63. The zero-order valence-corrected chi connectivity index (χ0v) is 11.9. The average Bonchev–Trinajstić information content (AvgIpc) is 2.86. The van der Waals surface area contributed by atoms with Crippen molar-refractivity contribution in [1.29, 1.82) is 0 Å². The van der Waals surface area contributed by atoms with Crippen molar-refractivity contribution in [3.8, 4) is 0 Å². The van der Waals surface area contributed by atoms with E-state index in [-0.39, 0.29) is 11.9 Å². The number of halogens is 2. The van der Waals surface area contributed by atoms with Crippen molar-refractivity contribution in [2.24, 2.45) is 0 Å². The van der Waals surface area contributed by atoms with Crippen LogP contribution in [0.3, 0.4) is 0 Å². The van der Waals surface area contributed by atoms with Gasteiger partial charge in [0, 0.05) is 10.4 Å². The lowest BCUT2D eigenvalue weighted by Crippen LogP contribution is -2.26. The lowest BCUT2D eigenvalue weighted by atomic mass is 10.2. The largest absolute Gasteiger partial charge is 0.345 e. The molecule has 0 aliphatic carbocycles. The standard InChI is InChI=1S/C13H11Cl2NOS/c1-8(12-3-2-6-18-12)16-13(17)9-4-5-10(14)11(15)7-9/h2-8H,1H3,(H,16,17)/t8-/m0/s1. The topological polar surface area (TPSA) is 29.1 Å². The molecule has 0 unspecified atom stereocenters. The Kier molecular flexibility index (Phi) is 4.27. The first-order valence-electron chi connectivity index (χ1n) is 5.37. The smallest absolute Gasteiger partial charge is 0.251 e. The molecule has 5 heteroatoms. The van der Waals surface area contributed by atoms with E-state index in [0.717, 1.165) is 4.88 Å². The molecular weight excluding hydrogens is 289 g/mol. The summed E-state index contributed by atoms with van der Waals surface area (Å²) >= 11 is 13.3. The van der Waals surface area contributed by atoms with Crippen LogP contribution in [0.1, 0.15) is 28.2 Å². The number of carbonyl (C=O) groups is 1. The fourth-order valence-electron chi connectivity index (χ4n) is 1.53. The minimum Gasteiger partial charge on any atom is -0.345 e. The number of amides is 1. The van der Waals surface area contributed by atoms with E-state index >= 15 is 0 Å². The van der Waals surface area contributed by atoms with E-state index in [1.165, 1.54) is 0 Å². The molecule has 0 aliphatic heterocycles. The Labute approximate surface area is 120 Å². The normalized spacial score (nSPS) is 12.2. The van der Waals surface area contributed by atoms with Crippen LogP contribution in [0.25, 0.3) is 0 Å². The molecule has 2 aromatic rings. The predicted molar refractivity (Wildman–Crippen MR) is 76.7 cm³/mol. The molecule has 0 radical (unpaired) electrons. The molecule has 0 saturated carbocycles. The molecule has 1 N–H and O–H groups in total. The maximum absolute atomic E-state index is 12.0. The summed E-state index contributed by atoms with van der Waals surface area (Å²) in [7, 11) is 0. The highest BCUT2D eigenvalue weighted by molar-refractivity contribution is 7.10. The van der Waals surface area contributed by atoms with Crippen molar-refractivity contribution in [2.45, 2.75) is 13.0 Å². The van der Waals surface area contributed by atoms with Gasteiger partial charge < -0.3 is 5.32 Å². The number of rotatable bonds is 3. The first-order chi connectivity index (χ1) is 8.58. The van der Waals surface area contributed by atoms with Crippen LogP contribution in [-0.4, -0.2) is 5.91 Å². The average molecular weight is 300 g/mol. The van der Waals surface area contributed by atoms with Crippen molar-refractivity contribution in [1.82, 2.24) is 5.32 Å². The van der Waals surface area contributed by atoms with Crippen molar-refractivity contribution >= 4 is 40.4 Å². The van der Waals surface area contributed by atoms with Crippen LogP contribution in [0.5, 0.6) is 0 Å². The van der Waals surface area contributed by atoms with Crippen LogP contribution in [0, 0.1) is 0 Å². The van der Waals surface area contributed by atoms with Gasteiger partial charge in [-0.15, -0.1) is 11.3 Å². The molecule has 0 aliphatic rings. The number of nitrogens with one attached hydrogen (secondary N) is 1. The third kappa shape index (κ3) is 3.05. The number of hydrogen-bond donors (Lipinski definition) is 1. The van der Waals surface area contributed by atoms with Gasteiger partial charge in [-0.05, 0) is 36.6 Å². The predicted octanol–water partition coefficient (Wildman–Crippen LogP) is 4.55. The highest BCUT2D eigenvalue weighted by Gasteiger charge is 2.13. The summed E-state index contributed by atoms with van der Waals surface area (Å²) in [5, 5.41) is 5.72. The Morgan fingerprint density at radius 2 is 2.06 bits per heavy atom. The van der Waals surface area contributed by atoms with Crippen LogP contribution in [0.2, 0.25) is 10.0 Å². The molecule has 2 rings (SSSR count). The van der Waals surface area contributed by atoms with Crippen LogP contribution < -0.4 is 5.32 Å². The Morgan fingerprint density at radius 3 is 2.67 bits per heavy atom. The van der Waals surface area contributed by atoms with Crippen molar-refractivity contribution in [2.75, 3.05) is 0 Å². The van der Waals surface area contributed by atoms with Gasteiger partial charge >= 0.3 is 0 Å². The first-order valence-corrected chi connectivity index (χ1v) is 7.01. The minimum atomic E-state index is -0.158. The van der Waals surface area contributed by atoms with Crippen LogP contribution in [0.15, 0.2) is 35.7 Å². The van der Waals surface area contributed by atoms with Crippen molar-refractivity contribution < 1.29 is 4.79 Å². The van der Waals surface area contributed by atoms with Crippen molar-refractivity contribution in [3.63, 3.8) is 0 Å².